The van der Waals surface area contributed by atoms with Gasteiger partial charge in [0.15, 0.2) is 5.75 Å². The van der Waals surface area contributed by atoms with Crippen LogP contribution in [0.4, 0.5) is 0 Å². The van der Waals surface area contributed by atoms with E-state index in [2.05, 4.69) is 4.98 Å². The molecular formula is C10H6Cl5NO4. The van der Waals surface area contributed by atoms with Crippen LogP contribution in [0.1, 0.15) is 19.5 Å². The third-order valence-electron chi connectivity index (χ3n) is 1.76. The van der Waals surface area contributed by atoms with Gasteiger partial charge in [-0.15, -0.1) is 0 Å². The van der Waals surface area contributed by atoms with Crippen LogP contribution in [0.3, 0.4) is 0 Å². The van der Waals surface area contributed by atoms with Crippen LogP contribution in [0.15, 0.2) is 0 Å². The van der Waals surface area contributed by atoms with E-state index in [0.717, 1.165) is 13.8 Å². The van der Waals surface area contributed by atoms with Crippen molar-refractivity contribution >= 4 is 69.9 Å². The molecule has 20 heavy (non-hydrogen) atoms. The van der Waals surface area contributed by atoms with Crippen LogP contribution in [0.5, 0.6) is 11.6 Å². The molecule has 0 aromatic carbocycles. The van der Waals surface area contributed by atoms with Crippen LogP contribution in [-0.2, 0) is 13.4 Å². The van der Waals surface area contributed by atoms with E-state index in [1.807, 2.05) is 0 Å². The molecule has 0 bridgehead atoms. The lowest BCUT2D eigenvalue weighted by Gasteiger charge is -2.17. The lowest BCUT2D eigenvalue weighted by molar-refractivity contribution is -0.132. The second-order valence-corrected chi connectivity index (χ2v) is 6.44. The minimum atomic E-state index is -2.04. The van der Waals surface area contributed by atoms with Crippen LogP contribution in [-0.4, -0.2) is 16.9 Å². The summed E-state index contributed by atoms with van der Waals surface area (Å²) in [5, 5.41) is -0.570. The average molecular weight is 381 g/mol. The van der Waals surface area contributed by atoms with Gasteiger partial charge >= 0.3 is 11.9 Å². The Morgan fingerprint density at radius 1 is 1.00 bits per heavy atom. The molecule has 1 rings (SSSR count). The second-order valence-electron chi connectivity index (χ2n) is 3.41. The zero-order valence-corrected chi connectivity index (χ0v) is 13.7. The van der Waals surface area contributed by atoms with Gasteiger partial charge in [0.05, 0.1) is 0 Å². The van der Waals surface area contributed by atoms with Crippen molar-refractivity contribution in [3.05, 3.63) is 15.7 Å². The number of carbonyl (C=O) groups is 2. The predicted octanol–water partition coefficient (Wildman–Crippen LogP) is 4.07. The second kappa shape index (κ2) is 6.54. The van der Waals surface area contributed by atoms with Crippen molar-refractivity contribution in [2.45, 2.75) is 17.6 Å². The van der Waals surface area contributed by atoms with Crippen LogP contribution in [0.2, 0.25) is 10.0 Å². The van der Waals surface area contributed by atoms with E-state index in [0.29, 0.717) is 0 Å². The SMILES string of the molecule is CC(=O)Oc1nc(C(Cl)(Cl)Cl)c(Cl)c(OC(C)=O)c1Cl. The molecule has 0 N–H and O–H groups in total. The zero-order valence-electron chi connectivity index (χ0n) is 9.97. The van der Waals surface area contributed by atoms with Crippen molar-refractivity contribution in [1.29, 1.82) is 0 Å². The molecule has 5 nitrogen and oxygen atoms in total. The van der Waals surface area contributed by atoms with Gasteiger partial charge in [-0.25, -0.2) is 4.98 Å². The number of rotatable bonds is 2. The van der Waals surface area contributed by atoms with Gasteiger partial charge in [0.25, 0.3) is 0 Å². The Morgan fingerprint density at radius 3 is 1.90 bits per heavy atom. The lowest BCUT2D eigenvalue weighted by Crippen LogP contribution is -2.13. The van der Waals surface area contributed by atoms with Crippen molar-refractivity contribution in [2.75, 3.05) is 0 Å². The smallest absolute Gasteiger partial charge is 0.309 e. The van der Waals surface area contributed by atoms with Crippen molar-refractivity contribution in [2.24, 2.45) is 0 Å². The van der Waals surface area contributed by atoms with E-state index >= 15 is 0 Å². The summed E-state index contributed by atoms with van der Waals surface area (Å²) in [7, 11) is 0. The first-order valence-electron chi connectivity index (χ1n) is 4.87. The number of nitrogens with zero attached hydrogens (tertiary/aromatic N) is 1. The molecule has 1 heterocycles. The maximum absolute atomic E-state index is 11.0. The first-order chi connectivity index (χ1) is 9.04. The van der Waals surface area contributed by atoms with Crippen molar-refractivity contribution in [1.82, 2.24) is 4.98 Å². The largest absolute Gasteiger partial charge is 0.423 e. The average Bonchev–Trinajstić information content (AvgIpc) is 2.25. The number of ether oxygens (including phenoxy) is 2. The van der Waals surface area contributed by atoms with Gasteiger partial charge in [-0.3, -0.25) is 9.59 Å². The summed E-state index contributed by atoms with van der Waals surface area (Å²) in [4.78, 5) is 25.8. The number of aromatic nitrogens is 1. The summed E-state index contributed by atoms with van der Waals surface area (Å²) in [6.07, 6.45) is 0. The number of hydrogen-bond acceptors (Lipinski definition) is 5. The highest BCUT2D eigenvalue weighted by atomic mass is 35.6. The van der Waals surface area contributed by atoms with E-state index in [4.69, 9.17) is 67.5 Å². The maximum Gasteiger partial charge on any atom is 0.309 e. The van der Waals surface area contributed by atoms with E-state index in [1.54, 1.807) is 0 Å². The number of carbonyl (C=O) groups excluding carboxylic acids is 2. The molecule has 0 amide bonds. The van der Waals surface area contributed by atoms with Crippen LogP contribution >= 0.6 is 58.0 Å². The van der Waals surface area contributed by atoms with E-state index in [-0.39, 0.29) is 27.4 Å². The fourth-order valence-corrected chi connectivity index (χ4v) is 2.26. The quantitative estimate of drug-likeness (QED) is 0.571. The Hall–Kier alpha value is -0.460. The molecular weight excluding hydrogens is 375 g/mol. The van der Waals surface area contributed by atoms with Crippen LogP contribution in [0, 0.1) is 0 Å². The highest BCUT2D eigenvalue weighted by Crippen LogP contribution is 2.48. The molecule has 1 aromatic heterocycles. The maximum atomic E-state index is 11.0. The predicted molar refractivity (Wildman–Crippen MR) is 76.1 cm³/mol. The summed E-state index contributed by atoms with van der Waals surface area (Å²) in [6.45, 7) is 2.24. The standard InChI is InChI=1S/C10H6Cl5NO4/c1-3(17)19-7-5(11)8(10(13,14)15)16-9(6(7)12)20-4(2)18/h1-2H3. The highest BCUT2D eigenvalue weighted by Gasteiger charge is 2.33. The molecule has 0 radical (unpaired) electrons. The van der Waals surface area contributed by atoms with Crippen LogP contribution < -0.4 is 9.47 Å². The van der Waals surface area contributed by atoms with Gasteiger partial charge in [-0.05, 0) is 0 Å². The topological polar surface area (TPSA) is 65.5 Å². The summed E-state index contributed by atoms with van der Waals surface area (Å²) in [5.74, 6) is -2.13. The molecule has 0 aliphatic heterocycles. The molecule has 0 aliphatic rings. The molecule has 1 aromatic rings. The minimum Gasteiger partial charge on any atom is -0.423 e. The number of pyridine rings is 1. The normalized spacial score (nSPS) is 11.2. The van der Waals surface area contributed by atoms with Crippen LogP contribution in [0.25, 0.3) is 0 Å². The Balaban J connectivity index is 3.55. The number of hydrogen-bond donors (Lipinski definition) is 0. The van der Waals surface area contributed by atoms with Crippen molar-refractivity contribution in [3.63, 3.8) is 0 Å². The molecule has 0 atom stereocenters. The molecule has 0 saturated carbocycles. The summed E-state index contributed by atoms with van der Waals surface area (Å²) in [5.41, 5.74) is -0.291. The lowest BCUT2D eigenvalue weighted by atomic mass is 10.3. The van der Waals surface area contributed by atoms with Crippen molar-refractivity contribution < 1.29 is 19.1 Å². The first kappa shape index (κ1) is 17.6. The monoisotopic (exact) mass is 379 g/mol. The van der Waals surface area contributed by atoms with Crippen molar-refractivity contribution in [3.8, 4) is 11.6 Å². The van der Waals surface area contributed by atoms with Gasteiger partial charge in [0.1, 0.15) is 15.7 Å². The fourth-order valence-electron chi connectivity index (χ4n) is 1.13. The van der Waals surface area contributed by atoms with Gasteiger partial charge in [-0.2, -0.15) is 0 Å². The Morgan fingerprint density at radius 2 is 1.50 bits per heavy atom. The molecule has 0 fully saturated rings. The third-order valence-corrected chi connectivity index (χ3v) is 2.98. The number of halogens is 5. The van der Waals surface area contributed by atoms with Gasteiger partial charge in [-0.1, -0.05) is 58.0 Å². The fraction of sp³-hybridized carbons (Fsp3) is 0.300. The Kier molecular flexibility index (Phi) is 5.75. The Bertz CT molecular complexity index is 570. The zero-order chi connectivity index (χ0) is 15.7. The molecule has 10 heteroatoms. The van der Waals surface area contributed by atoms with E-state index in [9.17, 15) is 9.59 Å². The van der Waals surface area contributed by atoms with Gasteiger partial charge < -0.3 is 9.47 Å². The molecule has 0 spiro atoms. The molecule has 0 unspecified atom stereocenters. The van der Waals surface area contributed by atoms with E-state index < -0.39 is 15.7 Å². The molecule has 0 aliphatic carbocycles. The number of alkyl halides is 3. The first-order valence-corrected chi connectivity index (χ1v) is 6.76. The number of esters is 2. The van der Waals surface area contributed by atoms with Gasteiger partial charge in [0, 0.05) is 13.8 Å². The minimum absolute atomic E-state index is 0.277. The Labute approximate surface area is 139 Å². The third kappa shape index (κ3) is 4.27. The summed E-state index contributed by atoms with van der Waals surface area (Å²) >= 11 is 28.9. The molecule has 0 saturated heterocycles. The summed E-state index contributed by atoms with van der Waals surface area (Å²) < 4.78 is 7.54. The van der Waals surface area contributed by atoms with Gasteiger partial charge in [0.2, 0.25) is 9.67 Å². The molecule has 110 valence electrons. The highest BCUT2D eigenvalue weighted by molar-refractivity contribution is 6.67. The van der Waals surface area contributed by atoms with E-state index in [1.165, 1.54) is 0 Å². The summed E-state index contributed by atoms with van der Waals surface area (Å²) in [6, 6.07) is 0.